The van der Waals surface area contributed by atoms with E-state index < -0.39 is 0 Å². The second-order valence-electron chi connectivity index (χ2n) is 6.74. The molecule has 0 heterocycles. The molecule has 0 radical (unpaired) electrons. The van der Waals surface area contributed by atoms with E-state index in [4.69, 9.17) is 4.99 Å². The number of carbonyl (C=O) groups is 1. The first-order valence-corrected chi connectivity index (χ1v) is 10.1. The van der Waals surface area contributed by atoms with Crippen LogP contribution in [0.15, 0.2) is 35.3 Å². The predicted molar refractivity (Wildman–Crippen MR) is 114 cm³/mol. The van der Waals surface area contributed by atoms with Crippen molar-refractivity contribution in [2.24, 2.45) is 10.9 Å². The van der Waals surface area contributed by atoms with E-state index in [0.29, 0.717) is 19.6 Å². The summed E-state index contributed by atoms with van der Waals surface area (Å²) in [6, 6.07) is 10.8. The second-order valence-corrected chi connectivity index (χ2v) is 6.74. The number of nitrogens with zero attached hydrogens (tertiary/aromatic N) is 2. The molecule has 1 aromatic rings. The van der Waals surface area contributed by atoms with Crippen LogP contribution in [0.4, 0.5) is 0 Å². The van der Waals surface area contributed by atoms with Crippen molar-refractivity contribution in [1.82, 2.24) is 20.9 Å². The Labute approximate surface area is 164 Å². The first kappa shape index (κ1) is 23.0. The van der Waals surface area contributed by atoms with Crippen LogP contribution in [0.5, 0.6) is 0 Å². The molecule has 6 nitrogen and oxygen atoms in total. The van der Waals surface area contributed by atoms with Crippen LogP contribution in [0.2, 0.25) is 0 Å². The van der Waals surface area contributed by atoms with Gasteiger partial charge in [0.2, 0.25) is 5.91 Å². The Morgan fingerprint density at radius 2 is 1.63 bits per heavy atom. The summed E-state index contributed by atoms with van der Waals surface area (Å²) < 4.78 is 0. The van der Waals surface area contributed by atoms with Gasteiger partial charge >= 0.3 is 0 Å². The molecule has 0 aliphatic heterocycles. The molecule has 0 saturated heterocycles. The van der Waals surface area contributed by atoms with Gasteiger partial charge in [-0.25, -0.2) is 0 Å². The Kier molecular flexibility index (Phi) is 11.2. The smallest absolute Gasteiger partial charge is 0.222 e. The molecule has 0 spiro atoms. The Morgan fingerprint density at radius 1 is 1.00 bits per heavy atom. The molecule has 0 saturated carbocycles. The molecule has 1 unspecified atom stereocenters. The van der Waals surface area contributed by atoms with E-state index in [1.54, 1.807) is 0 Å². The van der Waals surface area contributed by atoms with Crippen molar-refractivity contribution in [1.29, 1.82) is 0 Å². The van der Waals surface area contributed by atoms with Crippen LogP contribution in [-0.2, 0) is 4.79 Å². The van der Waals surface area contributed by atoms with Crippen molar-refractivity contribution in [2.75, 3.05) is 39.3 Å². The van der Waals surface area contributed by atoms with Crippen LogP contribution in [-0.4, -0.2) is 56.0 Å². The van der Waals surface area contributed by atoms with Gasteiger partial charge in [-0.3, -0.25) is 14.7 Å². The van der Waals surface area contributed by atoms with Crippen LogP contribution in [0, 0.1) is 5.92 Å². The minimum Gasteiger partial charge on any atom is -0.357 e. The van der Waals surface area contributed by atoms with Gasteiger partial charge in [-0.1, -0.05) is 58.0 Å². The van der Waals surface area contributed by atoms with Crippen molar-refractivity contribution in [3.63, 3.8) is 0 Å². The maximum Gasteiger partial charge on any atom is 0.222 e. The zero-order valence-corrected chi connectivity index (χ0v) is 17.6. The number of guanidine groups is 1. The average molecular weight is 376 g/mol. The molecule has 3 N–H and O–H groups in total. The number of benzene rings is 1. The Morgan fingerprint density at radius 3 is 2.19 bits per heavy atom. The van der Waals surface area contributed by atoms with Gasteiger partial charge in [0, 0.05) is 25.6 Å². The summed E-state index contributed by atoms with van der Waals surface area (Å²) >= 11 is 0. The molecule has 0 aliphatic rings. The van der Waals surface area contributed by atoms with E-state index in [9.17, 15) is 4.79 Å². The van der Waals surface area contributed by atoms with E-state index in [-0.39, 0.29) is 17.9 Å². The molecule has 27 heavy (non-hydrogen) atoms. The van der Waals surface area contributed by atoms with Crippen LogP contribution in [0.25, 0.3) is 0 Å². The van der Waals surface area contributed by atoms with Crippen molar-refractivity contribution in [3.05, 3.63) is 35.9 Å². The minimum absolute atomic E-state index is 0.00704. The number of nitrogens with one attached hydrogen (secondary N) is 3. The highest BCUT2D eigenvalue weighted by molar-refractivity contribution is 5.80. The van der Waals surface area contributed by atoms with Crippen molar-refractivity contribution in [2.45, 2.75) is 40.7 Å². The molecule has 1 atom stereocenters. The van der Waals surface area contributed by atoms with Crippen molar-refractivity contribution in [3.8, 4) is 0 Å². The third-order valence-electron chi connectivity index (χ3n) is 4.45. The van der Waals surface area contributed by atoms with Gasteiger partial charge in [0.25, 0.3) is 0 Å². The van der Waals surface area contributed by atoms with Crippen LogP contribution >= 0.6 is 0 Å². The quantitative estimate of drug-likeness (QED) is 0.316. The zero-order chi connectivity index (χ0) is 20.1. The lowest BCUT2D eigenvalue weighted by Gasteiger charge is -2.29. The minimum atomic E-state index is 0.00704. The lowest BCUT2D eigenvalue weighted by atomic mass is 10.1. The molecular weight excluding hydrogens is 338 g/mol. The summed E-state index contributed by atoms with van der Waals surface area (Å²) in [5.74, 6) is 0.862. The SMILES string of the molecule is CCNC(=NCC(c1ccccc1)N(CC)CC)NCCNC(=O)C(C)C. The van der Waals surface area contributed by atoms with Gasteiger partial charge < -0.3 is 16.0 Å². The van der Waals surface area contributed by atoms with E-state index >= 15 is 0 Å². The molecule has 1 aromatic carbocycles. The first-order chi connectivity index (χ1) is 13.0. The zero-order valence-electron chi connectivity index (χ0n) is 17.6. The number of amides is 1. The first-order valence-electron chi connectivity index (χ1n) is 10.1. The molecule has 0 fully saturated rings. The highest BCUT2D eigenvalue weighted by Gasteiger charge is 2.17. The normalized spacial score (nSPS) is 12.9. The van der Waals surface area contributed by atoms with Crippen LogP contribution in [0.1, 0.15) is 46.2 Å². The molecule has 1 rings (SSSR count). The van der Waals surface area contributed by atoms with Gasteiger partial charge in [-0.2, -0.15) is 0 Å². The lowest BCUT2D eigenvalue weighted by Crippen LogP contribution is -2.42. The topological polar surface area (TPSA) is 68.8 Å². The van der Waals surface area contributed by atoms with Crippen molar-refractivity contribution >= 4 is 11.9 Å². The third kappa shape index (κ3) is 8.43. The summed E-state index contributed by atoms with van der Waals surface area (Å²) in [4.78, 5) is 18.9. The number of rotatable bonds is 11. The van der Waals surface area contributed by atoms with Gasteiger partial charge in [-0.05, 0) is 25.6 Å². The number of likely N-dealkylation sites (N-methyl/N-ethyl adjacent to an activating group) is 1. The number of aliphatic imine (C=N–C) groups is 1. The number of carbonyl (C=O) groups excluding carboxylic acids is 1. The van der Waals surface area contributed by atoms with E-state index in [2.05, 4.69) is 65.9 Å². The molecule has 0 bridgehead atoms. The van der Waals surface area contributed by atoms with Gasteiger partial charge in [0.1, 0.15) is 0 Å². The Hall–Kier alpha value is -2.08. The summed E-state index contributed by atoms with van der Waals surface area (Å²) in [7, 11) is 0. The fourth-order valence-corrected chi connectivity index (χ4v) is 2.86. The maximum absolute atomic E-state index is 11.6. The molecule has 6 heteroatoms. The van der Waals surface area contributed by atoms with E-state index in [1.165, 1.54) is 5.56 Å². The Bertz CT molecular complexity index is 555. The molecular formula is C21H37N5O. The Balaban J connectivity index is 2.72. The molecule has 1 amide bonds. The molecule has 152 valence electrons. The fourth-order valence-electron chi connectivity index (χ4n) is 2.86. The highest BCUT2D eigenvalue weighted by atomic mass is 16.1. The number of hydrogen-bond acceptors (Lipinski definition) is 3. The summed E-state index contributed by atoms with van der Waals surface area (Å²) in [6.45, 7) is 14.9. The van der Waals surface area contributed by atoms with Crippen LogP contribution in [0.3, 0.4) is 0 Å². The summed E-state index contributed by atoms with van der Waals surface area (Å²) in [5.41, 5.74) is 1.28. The van der Waals surface area contributed by atoms with Gasteiger partial charge in [-0.15, -0.1) is 0 Å². The molecule has 0 aromatic heterocycles. The van der Waals surface area contributed by atoms with Crippen molar-refractivity contribution < 1.29 is 4.79 Å². The maximum atomic E-state index is 11.6. The standard InChI is InChI=1S/C21H37N5O/c1-6-22-21(24-15-14-23-20(27)17(4)5)25-16-19(26(7-2)8-3)18-12-10-9-11-13-18/h9-13,17,19H,6-8,14-16H2,1-5H3,(H,23,27)(H2,22,24,25). The highest BCUT2D eigenvalue weighted by Crippen LogP contribution is 2.20. The largest absolute Gasteiger partial charge is 0.357 e. The summed E-state index contributed by atoms with van der Waals surface area (Å²) in [6.07, 6.45) is 0. The molecule has 0 aliphatic carbocycles. The van der Waals surface area contributed by atoms with Gasteiger partial charge in [0.15, 0.2) is 5.96 Å². The second kappa shape index (κ2) is 13.1. The monoisotopic (exact) mass is 375 g/mol. The average Bonchev–Trinajstić information content (AvgIpc) is 2.68. The summed E-state index contributed by atoms with van der Waals surface area (Å²) in [5, 5.41) is 9.50. The van der Waals surface area contributed by atoms with E-state index in [0.717, 1.165) is 25.6 Å². The number of hydrogen-bond donors (Lipinski definition) is 3. The fraction of sp³-hybridized carbons (Fsp3) is 0.619. The lowest BCUT2D eigenvalue weighted by molar-refractivity contribution is -0.123. The van der Waals surface area contributed by atoms with Gasteiger partial charge in [0.05, 0.1) is 12.6 Å². The predicted octanol–water partition coefficient (Wildman–Crippen LogP) is 2.40. The van der Waals surface area contributed by atoms with E-state index in [1.807, 2.05) is 19.9 Å². The van der Waals surface area contributed by atoms with Crippen LogP contribution < -0.4 is 16.0 Å². The third-order valence-corrected chi connectivity index (χ3v) is 4.45.